The van der Waals surface area contributed by atoms with E-state index >= 15 is 0 Å². The smallest absolute Gasteiger partial charge is 0.280 e. The molecule has 3 rings (SSSR count). The number of fused-ring (bicyclic) bond motifs is 1. The lowest BCUT2D eigenvalue weighted by molar-refractivity contribution is 0.546. The highest BCUT2D eigenvalue weighted by Crippen LogP contribution is 2.21. The minimum atomic E-state index is -3.75. The Bertz CT molecular complexity index is 971. The molecule has 128 valence electrons. The molecule has 0 saturated carbocycles. The molecule has 24 heavy (non-hydrogen) atoms. The van der Waals surface area contributed by atoms with E-state index in [9.17, 15) is 8.42 Å². The Balaban J connectivity index is 1.90. The summed E-state index contributed by atoms with van der Waals surface area (Å²) in [5, 5.41) is 5.03. The molecule has 0 atom stereocenters. The average molecular weight is 348 g/mol. The van der Waals surface area contributed by atoms with E-state index < -0.39 is 10.0 Å². The lowest BCUT2D eigenvalue weighted by Gasteiger charge is -2.08. The quantitative estimate of drug-likeness (QED) is 0.765. The molecule has 8 nitrogen and oxygen atoms in total. The van der Waals surface area contributed by atoms with Crippen LogP contribution in [-0.2, 0) is 10.0 Å². The Morgan fingerprint density at radius 3 is 2.46 bits per heavy atom. The summed E-state index contributed by atoms with van der Waals surface area (Å²) < 4.78 is 30.9. The van der Waals surface area contributed by atoms with Crippen molar-refractivity contribution in [2.75, 3.05) is 4.72 Å². The summed E-state index contributed by atoms with van der Waals surface area (Å²) >= 11 is 0. The van der Waals surface area contributed by atoms with Crippen molar-refractivity contribution in [2.24, 2.45) is 0 Å². The Kier molecular flexibility index (Phi) is 4.04. The van der Waals surface area contributed by atoms with Crippen molar-refractivity contribution in [3.05, 3.63) is 31.0 Å². The summed E-state index contributed by atoms with van der Waals surface area (Å²) in [5.74, 6) is 0. The Hall–Kier alpha value is -2.42. The summed E-state index contributed by atoms with van der Waals surface area (Å²) in [7, 11) is -3.75. The number of anilines is 1. The van der Waals surface area contributed by atoms with Crippen LogP contribution in [-0.4, -0.2) is 32.7 Å². The molecule has 0 amide bonds. The third-order valence-electron chi connectivity index (χ3n) is 3.62. The average Bonchev–Trinajstić information content (AvgIpc) is 3.13. The first-order valence-electron chi connectivity index (χ1n) is 7.67. The first-order chi connectivity index (χ1) is 11.3. The summed E-state index contributed by atoms with van der Waals surface area (Å²) in [6, 6.07) is 2.03. The van der Waals surface area contributed by atoms with Crippen LogP contribution in [0.2, 0.25) is 0 Å². The van der Waals surface area contributed by atoms with Crippen molar-refractivity contribution in [3.8, 4) is 0 Å². The van der Waals surface area contributed by atoms with E-state index in [4.69, 9.17) is 0 Å². The zero-order valence-electron chi connectivity index (χ0n) is 14.0. The first-order valence-corrected chi connectivity index (χ1v) is 9.16. The van der Waals surface area contributed by atoms with Crippen LogP contribution in [0.4, 0.5) is 5.69 Å². The van der Waals surface area contributed by atoms with Gasteiger partial charge in [-0.15, -0.1) is 0 Å². The molecular weight excluding hydrogens is 328 g/mol. The van der Waals surface area contributed by atoms with Crippen molar-refractivity contribution < 1.29 is 8.42 Å². The highest BCUT2D eigenvalue weighted by Gasteiger charge is 2.19. The van der Waals surface area contributed by atoms with Crippen LogP contribution in [0.15, 0.2) is 36.0 Å². The van der Waals surface area contributed by atoms with Gasteiger partial charge in [-0.25, -0.2) is 14.6 Å². The minimum Gasteiger partial charge on any atom is -0.334 e. The molecule has 0 bridgehead atoms. The molecule has 9 heteroatoms. The van der Waals surface area contributed by atoms with Gasteiger partial charge in [-0.05, 0) is 33.8 Å². The third kappa shape index (κ3) is 2.99. The minimum absolute atomic E-state index is 0.0193. The molecule has 0 aliphatic heterocycles. The van der Waals surface area contributed by atoms with Crippen LogP contribution in [0.5, 0.6) is 0 Å². The van der Waals surface area contributed by atoms with Gasteiger partial charge in [0.2, 0.25) is 0 Å². The number of hydrogen-bond donors (Lipinski definition) is 1. The van der Waals surface area contributed by atoms with Crippen molar-refractivity contribution in [3.63, 3.8) is 0 Å². The van der Waals surface area contributed by atoms with E-state index in [0.717, 1.165) is 11.0 Å². The predicted molar refractivity (Wildman–Crippen MR) is 91.3 cm³/mol. The Morgan fingerprint density at radius 1 is 1.08 bits per heavy atom. The highest BCUT2D eigenvalue weighted by atomic mass is 32.2. The van der Waals surface area contributed by atoms with Crippen LogP contribution < -0.4 is 4.72 Å². The fourth-order valence-electron chi connectivity index (χ4n) is 2.32. The molecule has 1 N–H and O–H groups in total. The van der Waals surface area contributed by atoms with Crippen molar-refractivity contribution >= 4 is 26.7 Å². The monoisotopic (exact) mass is 348 g/mol. The topological polar surface area (TPSA) is 94.7 Å². The maximum Gasteiger partial charge on any atom is 0.280 e. The normalized spacial score (nSPS) is 12.4. The maximum atomic E-state index is 12.5. The largest absolute Gasteiger partial charge is 0.334 e. The van der Waals surface area contributed by atoms with Gasteiger partial charge < -0.3 is 4.57 Å². The molecule has 0 aliphatic carbocycles. The number of imidazole rings is 1. The van der Waals surface area contributed by atoms with Crippen LogP contribution in [0, 0.1) is 0 Å². The molecule has 0 spiro atoms. The molecule has 0 aliphatic rings. The van der Waals surface area contributed by atoms with E-state index in [1.807, 2.05) is 27.7 Å². The zero-order chi connectivity index (χ0) is 17.5. The van der Waals surface area contributed by atoms with Gasteiger partial charge in [0, 0.05) is 23.7 Å². The summed E-state index contributed by atoms with van der Waals surface area (Å²) in [6.07, 6.45) is 6.18. The maximum absolute atomic E-state index is 12.5. The predicted octanol–water partition coefficient (Wildman–Crippen LogP) is 2.59. The third-order valence-corrected chi connectivity index (χ3v) is 4.89. The number of pyridine rings is 1. The fraction of sp³-hybridized carbons (Fsp3) is 0.400. The number of hydrogen-bond acceptors (Lipinski definition) is 5. The standard InChI is InChI=1S/C15H20N6O2S/c1-10(2)20-8-14(17-9-20)24(22,23)19-13-5-12-6-18-21(11(3)4)15(12)16-7-13/h5-11,19H,1-4H3. The molecular formula is C15H20N6O2S. The molecule has 3 aromatic heterocycles. The molecule has 3 aromatic rings. The van der Waals surface area contributed by atoms with Crippen molar-refractivity contribution in [1.82, 2.24) is 24.3 Å². The van der Waals surface area contributed by atoms with Gasteiger partial charge in [0.1, 0.15) is 0 Å². The van der Waals surface area contributed by atoms with Gasteiger partial charge in [0.25, 0.3) is 10.0 Å². The molecule has 3 heterocycles. The van der Waals surface area contributed by atoms with Gasteiger partial charge in [-0.2, -0.15) is 13.5 Å². The van der Waals surface area contributed by atoms with Crippen LogP contribution in [0.25, 0.3) is 11.0 Å². The van der Waals surface area contributed by atoms with E-state index in [0.29, 0.717) is 5.69 Å². The van der Waals surface area contributed by atoms with Gasteiger partial charge in [0.15, 0.2) is 10.7 Å². The Morgan fingerprint density at radius 2 is 1.83 bits per heavy atom. The van der Waals surface area contributed by atoms with E-state index in [1.165, 1.54) is 18.7 Å². The van der Waals surface area contributed by atoms with Crippen molar-refractivity contribution in [2.45, 2.75) is 44.8 Å². The van der Waals surface area contributed by atoms with Gasteiger partial charge in [-0.1, -0.05) is 0 Å². The number of aromatic nitrogens is 5. The van der Waals surface area contributed by atoms with E-state index in [1.54, 1.807) is 21.5 Å². The zero-order valence-corrected chi connectivity index (χ0v) is 14.8. The number of rotatable bonds is 5. The Labute approximate surface area is 140 Å². The van der Waals surface area contributed by atoms with Crippen LogP contribution >= 0.6 is 0 Å². The van der Waals surface area contributed by atoms with Crippen LogP contribution in [0.3, 0.4) is 0 Å². The lowest BCUT2D eigenvalue weighted by Crippen LogP contribution is -2.13. The van der Waals surface area contributed by atoms with Gasteiger partial charge >= 0.3 is 0 Å². The van der Waals surface area contributed by atoms with Crippen LogP contribution in [0.1, 0.15) is 39.8 Å². The van der Waals surface area contributed by atoms with Gasteiger partial charge in [0.05, 0.1) is 24.4 Å². The SMILES string of the molecule is CC(C)n1cnc(S(=O)(=O)Nc2cnc3c(cnn3C(C)C)c2)c1. The molecule has 0 fully saturated rings. The summed E-state index contributed by atoms with van der Waals surface area (Å²) in [6.45, 7) is 7.93. The number of nitrogens with one attached hydrogen (secondary N) is 1. The van der Waals surface area contributed by atoms with E-state index in [2.05, 4.69) is 19.8 Å². The second kappa shape index (κ2) is 5.90. The summed E-state index contributed by atoms with van der Waals surface area (Å²) in [5.41, 5.74) is 1.10. The second-order valence-corrected chi connectivity index (χ2v) is 7.81. The molecule has 0 unspecified atom stereocenters. The highest BCUT2D eigenvalue weighted by molar-refractivity contribution is 7.92. The molecule has 0 saturated heterocycles. The molecule has 0 radical (unpaired) electrons. The molecule has 0 aromatic carbocycles. The first kappa shape index (κ1) is 16.4. The second-order valence-electron chi connectivity index (χ2n) is 6.18. The summed E-state index contributed by atoms with van der Waals surface area (Å²) in [4.78, 5) is 8.29. The lowest BCUT2D eigenvalue weighted by atomic mass is 10.3. The fourth-order valence-corrected chi connectivity index (χ4v) is 3.29. The number of nitrogens with zero attached hydrogens (tertiary/aromatic N) is 5. The van der Waals surface area contributed by atoms with Crippen molar-refractivity contribution in [1.29, 1.82) is 0 Å². The van der Waals surface area contributed by atoms with E-state index in [-0.39, 0.29) is 17.1 Å². The number of sulfonamides is 1. The van der Waals surface area contributed by atoms with Gasteiger partial charge in [-0.3, -0.25) is 4.72 Å².